The first-order chi connectivity index (χ1) is 20.4. The molecule has 1 atom stereocenters. The van der Waals surface area contributed by atoms with Crippen molar-refractivity contribution in [1.29, 1.82) is 0 Å². The van der Waals surface area contributed by atoms with Crippen molar-refractivity contribution in [2.24, 2.45) is 0 Å². The molecule has 42 heavy (non-hydrogen) atoms. The van der Waals surface area contributed by atoms with E-state index in [9.17, 15) is 19.6 Å². The number of anilines is 1. The van der Waals surface area contributed by atoms with Gasteiger partial charge in [0.25, 0.3) is 11.8 Å². The summed E-state index contributed by atoms with van der Waals surface area (Å²) in [6.07, 6.45) is 4.78. The number of imide groups is 1. The second-order valence-corrected chi connectivity index (χ2v) is 11.2. The number of hydrogen-bond acceptors (Lipinski definition) is 8. The molecule has 2 heterocycles. The van der Waals surface area contributed by atoms with E-state index >= 15 is 0 Å². The highest BCUT2D eigenvalue weighted by Crippen LogP contribution is 2.34. The van der Waals surface area contributed by atoms with Gasteiger partial charge in [-0.2, -0.15) is 0 Å². The van der Waals surface area contributed by atoms with Crippen LogP contribution in [0.2, 0.25) is 0 Å². The fourth-order valence-corrected chi connectivity index (χ4v) is 5.83. The van der Waals surface area contributed by atoms with Gasteiger partial charge in [0, 0.05) is 67.0 Å². The Labute approximate surface area is 247 Å². The van der Waals surface area contributed by atoms with E-state index in [4.69, 9.17) is 9.47 Å². The van der Waals surface area contributed by atoms with Crippen molar-refractivity contribution in [3.63, 3.8) is 0 Å². The monoisotopic (exact) mass is 573 g/mol. The van der Waals surface area contributed by atoms with Crippen molar-refractivity contribution in [3.05, 3.63) is 71.3 Å². The highest BCUT2D eigenvalue weighted by atomic mass is 16.5. The van der Waals surface area contributed by atoms with Gasteiger partial charge in [0.15, 0.2) is 0 Å². The maximum absolute atomic E-state index is 13.4. The smallest absolute Gasteiger partial charge is 0.423 e. The van der Waals surface area contributed by atoms with E-state index in [0.717, 1.165) is 55.3 Å². The zero-order valence-corrected chi connectivity index (χ0v) is 24.3. The molecular formula is C32H40BN3O6. The summed E-state index contributed by atoms with van der Waals surface area (Å²) in [7, 11) is 0.470. The van der Waals surface area contributed by atoms with Crippen LogP contribution < -0.4 is 10.8 Å². The van der Waals surface area contributed by atoms with E-state index < -0.39 is 7.12 Å². The van der Waals surface area contributed by atoms with E-state index in [0.29, 0.717) is 61.4 Å². The first-order valence-corrected chi connectivity index (χ1v) is 14.9. The van der Waals surface area contributed by atoms with Gasteiger partial charge in [-0.3, -0.25) is 14.5 Å². The number of likely N-dealkylation sites (N-methyl/N-ethyl adjacent to an activating group) is 1. The molecule has 222 valence electrons. The van der Waals surface area contributed by atoms with Crippen LogP contribution in [-0.4, -0.2) is 91.4 Å². The van der Waals surface area contributed by atoms with Crippen LogP contribution in [0.1, 0.15) is 58.4 Å². The van der Waals surface area contributed by atoms with Crippen molar-refractivity contribution in [2.75, 3.05) is 51.8 Å². The fraction of sp³-hybridized carbons (Fsp3) is 0.438. The number of ether oxygens (including phenoxy) is 2. The van der Waals surface area contributed by atoms with E-state index in [1.165, 1.54) is 4.90 Å². The summed E-state index contributed by atoms with van der Waals surface area (Å²) in [4.78, 5) is 30.3. The number of hydrogen-bond donors (Lipinski definition) is 3. The molecule has 3 aromatic rings. The van der Waals surface area contributed by atoms with Crippen molar-refractivity contribution in [2.45, 2.75) is 44.8 Å². The van der Waals surface area contributed by atoms with Crippen LogP contribution in [0.3, 0.4) is 0 Å². The second-order valence-electron chi connectivity index (χ2n) is 11.2. The van der Waals surface area contributed by atoms with Gasteiger partial charge in [-0.1, -0.05) is 36.4 Å². The van der Waals surface area contributed by atoms with E-state index in [2.05, 4.69) is 10.2 Å². The molecule has 1 saturated heterocycles. The number of rotatable bonds is 14. The van der Waals surface area contributed by atoms with Crippen LogP contribution in [-0.2, 0) is 16.0 Å². The molecular weight excluding hydrogens is 533 g/mol. The SMILES string of the molecule is CN(CCNc1ccc2c3c(cccc13)C(=O)N(CCCCCOC1CCCOC1)C2=O)Cc1ccccc1B(O)O. The summed E-state index contributed by atoms with van der Waals surface area (Å²) >= 11 is 0. The molecule has 3 aromatic carbocycles. The van der Waals surface area contributed by atoms with Gasteiger partial charge in [-0.05, 0) is 68.4 Å². The van der Waals surface area contributed by atoms with E-state index in [1.807, 2.05) is 43.4 Å². The van der Waals surface area contributed by atoms with Crippen molar-refractivity contribution >= 4 is 40.9 Å². The lowest BCUT2D eigenvalue weighted by Crippen LogP contribution is -2.41. The number of carbonyl (C=O) groups excluding carboxylic acids is 2. The zero-order valence-electron chi connectivity index (χ0n) is 24.3. The van der Waals surface area contributed by atoms with Crippen LogP contribution in [0.25, 0.3) is 10.8 Å². The first-order valence-electron chi connectivity index (χ1n) is 14.9. The summed E-state index contributed by atoms with van der Waals surface area (Å²) in [5.74, 6) is -0.481. The van der Waals surface area contributed by atoms with Gasteiger partial charge in [-0.25, -0.2) is 0 Å². The Morgan fingerprint density at radius 3 is 2.62 bits per heavy atom. The van der Waals surface area contributed by atoms with Crippen LogP contribution in [0.5, 0.6) is 0 Å². The Morgan fingerprint density at radius 2 is 1.83 bits per heavy atom. The summed E-state index contributed by atoms with van der Waals surface area (Å²) in [5.41, 5.74) is 3.35. The molecule has 0 aliphatic carbocycles. The van der Waals surface area contributed by atoms with E-state index in [1.54, 1.807) is 18.2 Å². The lowest BCUT2D eigenvalue weighted by Gasteiger charge is -2.28. The molecule has 9 nitrogen and oxygen atoms in total. The van der Waals surface area contributed by atoms with Gasteiger partial charge in [-0.15, -0.1) is 0 Å². The molecule has 0 bridgehead atoms. The first kappa shape index (κ1) is 30.2. The Morgan fingerprint density at radius 1 is 1.02 bits per heavy atom. The van der Waals surface area contributed by atoms with Crippen molar-refractivity contribution < 1.29 is 29.1 Å². The van der Waals surface area contributed by atoms with Crippen LogP contribution in [0.4, 0.5) is 5.69 Å². The van der Waals surface area contributed by atoms with Gasteiger partial charge in [0.2, 0.25) is 0 Å². The zero-order chi connectivity index (χ0) is 29.5. The molecule has 0 radical (unpaired) electrons. The average Bonchev–Trinajstić information content (AvgIpc) is 3.00. The number of nitrogens with zero attached hydrogens (tertiary/aromatic N) is 2. The molecule has 3 N–H and O–H groups in total. The van der Waals surface area contributed by atoms with Gasteiger partial charge in [0.05, 0.1) is 12.7 Å². The van der Waals surface area contributed by atoms with Crippen LogP contribution in [0, 0.1) is 0 Å². The fourth-order valence-electron chi connectivity index (χ4n) is 5.83. The highest BCUT2D eigenvalue weighted by molar-refractivity contribution is 6.59. The Kier molecular flexibility index (Phi) is 10.3. The Hall–Kier alpha value is -3.28. The normalized spacial score (nSPS) is 16.9. The summed E-state index contributed by atoms with van der Waals surface area (Å²) in [6.45, 7) is 4.45. The molecule has 2 aliphatic rings. The van der Waals surface area contributed by atoms with Gasteiger partial charge >= 0.3 is 7.12 Å². The standard InChI is InChI=1S/C32H40BN3O6/c1-35(21-23-9-3-4-13-28(23)33(39)40)18-16-34-29-15-14-27-30-25(29)11-7-12-26(30)31(37)36(32(27)38)17-5-2-6-20-42-24-10-8-19-41-22-24/h3-4,7,9,11-15,24,34,39-40H,2,5-6,8,10,16-22H2,1H3. The van der Waals surface area contributed by atoms with E-state index in [-0.39, 0.29) is 17.9 Å². The third-order valence-electron chi connectivity index (χ3n) is 8.07. The maximum atomic E-state index is 13.4. The maximum Gasteiger partial charge on any atom is 0.488 e. The second kappa shape index (κ2) is 14.3. The Bertz CT molecular complexity index is 1370. The minimum Gasteiger partial charge on any atom is -0.423 e. The quantitative estimate of drug-likeness (QED) is 0.153. The molecule has 0 saturated carbocycles. The molecule has 5 rings (SSSR count). The number of nitrogens with one attached hydrogen (secondary N) is 1. The highest BCUT2D eigenvalue weighted by Gasteiger charge is 2.33. The van der Waals surface area contributed by atoms with Crippen LogP contribution >= 0.6 is 0 Å². The average molecular weight is 573 g/mol. The molecule has 2 aliphatic heterocycles. The molecule has 0 spiro atoms. The lowest BCUT2D eigenvalue weighted by atomic mass is 9.77. The van der Waals surface area contributed by atoms with Crippen molar-refractivity contribution in [3.8, 4) is 0 Å². The number of carbonyl (C=O) groups is 2. The number of amides is 2. The molecule has 2 amide bonds. The molecule has 0 aromatic heterocycles. The predicted molar refractivity (Wildman–Crippen MR) is 164 cm³/mol. The Balaban J connectivity index is 1.16. The molecule has 1 unspecified atom stereocenters. The topological polar surface area (TPSA) is 112 Å². The van der Waals surface area contributed by atoms with Gasteiger partial charge in [0.1, 0.15) is 0 Å². The third-order valence-corrected chi connectivity index (χ3v) is 8.07. The van der Waals surface area contributed by atoms with Crippen LogP contribution in [0.15, 0.2) is 54.6 Å². The summed E-state index contributed by atoms with van der Waals surface area (Å²) < 4.78 is 11.4. The van der Waals surface area contributed by atoms with Gasteiger partial charge < -0.3 is 29.7 Å². The lowest BCUT2D eigenvalue weighted by molar-refractivity contribution is -0.0507. The predicted octanol–water partition coefficient (Wildman–Crippen LogP) is 3.03. The molecule has 10 heteroatoms. The minimum absolute atomic E-state index is 0.186. The minimum atomic E-state index is -1.51. The third kappa shape index (κ3) is 7.02. The number of benzene rings is 3. The largest absolute Gasteiger partial charge is 0.488 e. The molecule has 1 fully saturated rings. The summed E-state index contributed by atoms with van der Waals surface area (Å²) in [6, 6.07) is 16.6. The van der Waals surface area contributed by atoms with Crippen molar-refractivity contribution in [1.82, 2.24) is 9.80 Å². The summed E-state index contributed by atoms with van der Waals surface area (Å²) in [5, 5.41) is 24.3. The number of unbranched alkanes of at least 4 members (excludes halogenated alkanes) is 2.